The largest absolute Gasteiger partial charge is 0.349 e. The smallest absolute Gasteiger partial charge is 0.227 e. The average Bonchev–Trinajstić information content (AvgIpc) is 2.61. The van der Waals surface area contributed by atoms with Crippen LogP contribution in [0.5, 0.6) is 0 Å². The highest BCUT2D eigenvalue weighted by Gasteiger charge is 2.33. The van der Waals surface area contributed by atoms with Crippen molar-refractivity contribution in [2.75, 3.05) is 18.8 Å². The highest BCUT2D eigenvalue weighted by atomic mass is 32.2. The number of fused-ring (bicyclic) bond motifs is 1. The van der Waals surface area contributed by atoms with Gasteiger partial charge < -0.3 is 10.2 Å². The van der Waals surface area contributed by atoms with Crippen molar-refractivity contribution in [3.8, 4) is 0 Å². The fraction of sp³-hybridized carbons (Fsp3) is 0.600. The molecule has 3 rings (SSSR count). The van der Waals surface area contributed by atoms with Crippen LogP contribution in [-0.2, 0) is 9.59 Å². The van der Waals surface area contributed by atoms with E-state index >= 15 is 0 Å². The number of carbonyl (C=O) groups excluding carboxylic acids is 2. The number of hydrogen-bond acceptors (Lipinski definition) is 3. The predicted molar refractivity (Wildman–Crippen MR) is 101 cm³/mol. The molecule has 1 atom stereocenters. The minimum Gasteiger partial charge on any atom is -0.349 e. The molecular weight excluding hydrogens is 351 g/mol. The van der Waals surface area contributed by atoms with Gasteiger partial charge >= 0.3 is 0 Å². The Kier molecular flexibility index (Phi) is 5.61. The fourth-order valence-corrected chi connectivity index (χ4v) is 4.79. The van der Waals surface area contributed by atoms with Gasteiger partial charge in [-0.3, -0.25) is 9.59 Å². The van der Waals surface area contributed by atoms with Crippen LogP contribution in [-0.4, -0.2) is 35.6 Å². The molecule has 1 aromatic carbocycles. The Bertz CT molecular complexity index is 694. The van der Waals surface area contributed by atoms with Crippen molar-refractivity contribution in [3.63, 3.8) is 0 Å². The molecule has 1 unspecified atom stereocenters. The summed E-state index contributed by atoms with van der Waals surface area (Å²) in [5, 5.41) is 3.12. The van der Waals surface area contributed by atoms with E-state index in [-0.39, 0.29) is 35.0 Å². The highest BCUT2D eigenvalue weighted by molar-refractivity contribution is 7.99. The molecule has 2 heterocycles. The van der Waals surface area contributed by atoms with E-state index in [2.05, 4.69) is 5.32 Å². The van der Waals surface area contributed by atoms with Gasteiger partial charge in [0.25, 0.3) is 0 Å². The van der Waals surface area contributed by atoms with Crippen LogP contribution in [0.3, 0.4) is 0 Å². The van der Waals surface area contributed by atoms with Crippen LogP contribution in [0.15, 0.2) is 23.1 Å². The number of nitrogens with zero attached hydrogens (tertiary/aromatic N) is 1. The molecule has 2 aliphatic rings. The van der Waals surface area contributed by atoms with Gasteiger partial charge in [-0.15, -0.1) is 11.8 Å². The SMILES string of the molecule is CC(C)(C)C(=O)N1CCC(C(=O)NC2CCSc3c(F)cccc32)CC1. The summed E-state index contributed by atoms with van der Waals surface area (Å²) in [6.07, 6.45) is 2.18. The summed E-state index contributed by atoms with van der Waals surface area (Å²) in [5.41, 5.74) is 0.498. The maximum Gasteiger partial charge on any atom is 0.227 e. The number of likely N-dealkylation sites (tertiary alicyclic amines) is 1. The molecule has 0 bridgehead atoms. The van der Waals surface area contributed by atoms with Crippen molar-refractivity contribution in [1.29, 1.82) is 0 Å². The molecular formula is C20H27FN2O2S. The summed E-state index contributed by atoms with van der Waals surface area (Å²) in [5.74, 6) is 0.688. The Morgan fingerprint density at radius 3 is 2.54 bits per heavy atom. The van der Waals surface area contributed by atoms with E-state index in [4.69, 9.17) is 0 Å². The third kappa shape index (κ3) is 4.05. The standard InChI is InChI=1S/C20H27FN2O2S/c1-20(2,3)19(25)23-10-7-13(8-11-23)18(24)22-16-9-12-26-17-14(16)5-4-6-15(17)21/h4-6,13,16H,7-12H2,1-3H3,(H,22,24). The Morgan fingerprint density at radius 2 is 1.88 bits per heavy atom. The van der Waals surface area contributed by atoms with E-state index in [1.54, 1.807) is 6.07 Å². The van der Waals surface area contributed by atoms with Crippen LogP contribution in [0.1, 0.15) is 51.6 Å². The van der Waals surface area contributed by atoms with E-state index < -0.39 is 0 Å². The second-order valence-electron chi connectivity index (χ2n) is 8.17. The normalized spacial score (nSPS) is 21.2. The number of amides is 2. The molecule has 0 radical (unpaired) electrons. The zero-order chi connectivity index (χ0) is 18.9. The molecule has 2 amide bonds. The third-order valence-corrected chi connectivity index (χ3v) is 6.30. The fourth-order valence-electron chi connectivity index (χ4n) is 3.65. The average molecular weight is 379 g/mol. The maximum absolute atomic E-state index is 14.0. The second-order valence-corrected chi connectivity index (χ2v) is 9.28. The number of piperidine rings is 1. The first-order valence-electron chi connectivity index (χ1n) is 9.28. The monoisotopic (exact) mass is 378 g/mol. The van der Waals surface area contributed by atoms with Crippen LogP contribution < -0.4 is 5.32 Å². The number of thioether (sulfide) groups is 1. The van der Waals surface area contributed by atoms with E-state index in [1.165, 1.54) is 17.8 Å². The number of halogens is 1. The summed E-state index contributed by atoms with van der Waals surface area (Å²) in [4.78, 5) is 27.6. The lowest BCUT2D eigenvalue weighted by Crippen LogP contribution is -2.47. The molecule has 4 nitrogen and oxygen atoms in total. The molecule has 26 heavy (non-hydrogen) atoms. The number of nitrogens with one attached hydrogen (secondary N) is 1. The lowest BCUT2D eigenvalue weighted by atomic mass is 9.90. The molecule has 1 aromatic rings. The summed E-state index contributed by atoms with van der Waals surface area (Å²) in [6, 6.07) is 4.96. The molecule has 0 spiro atoms. The van der Waals surface area contributed by atoms with Crippen molar-refractivity contribution >= 4 is 23.6 Å². The Morgan fingerprint density at radius 1 is 1.19 bits per heavy atom. The van der Waals surface area contributed by atoms with Gasteiger partial charge in [-0.1, -0.05) is 32.9 Å². The van der Waals surface area contributed by atoms with E-state index in [0.29, 0.717) is 30.8 Å². The lowest BCUT2D eigenvalue weighted by Gasteiger charge is -2.36. The molecule has 1 saturated heterocycles. The minimum absolute atomic E-state index is 0.0277. The van der Waals surface area contributed by atoms with Crippen molar-refractivity contribution < 1.29 is 14.0 Å². The van der Waals surface area contributed by atoms with Crippen LogP contribution in [0.25, 0.3) is 0 Å². The first kappa shape index (κ1) is 19.2. The van der Waals surface area contributed by atoms with Gasteiger partial charge in [0.1, 0.15) is 5.82 Å². The first-order chi connectivity index (χ1) is 12.3. The molecule has 1 N–H and O–H groups in total. The van der Waals surface area contributed by atoms with Crippen molar-refractivity contribution in [2.45, 2.75) is 51.0 Å². The first-order valence-corrected chi connectivity index (χ1v) is 10.3. The van der Waals surface area contributed by atoms with Crippen LogP contribution in [0.4, 0.5) is 4.39 Å². The van der Waals surface area contributed by atoms with Crippen LogP contribution in [0.2, 0.25) is 0 Å². The van der Waals surface area contributed by atoms with Gasteiger partial charge in [-0.05, 0) is 30.9 Å². The van der Waals surface area contributed by atoms with Gasteiger partial charge in [0.15, 0.2) is 0 Å². The zero-order valence-corrected chi connectivity index (χ0v) is 16.5. The number of rotatable bonds is 2. The second kappa shape index (κ2) is 7.59. The van der Waals surface area contributed by atoms with Gasteiger partial charge in [0, 0.05) is 35.1 Å². The minimum atomic E-state index is -0.386. The van der Waals surface area contributed by atoms with Gasteiger partial charge in [-0.2, -0.15) is 0 Å². The Labute approximate surface area is 158 Å². The number of benzene rings is 1. The third-order valence-electron chi connectivity index (χ3n) is 5.14. The maximum atomic E-state index is 14.0. The predicted octanol–water partition coefficient (Wildman–Crippen LogP) is 3.76. The summed E-state index contributed by atoms with van der Waals surface area (Å²) >= 11 is 1.52. The van der Waals surface area contributed by atoms with Gasteiger partial charge in [0.2, 0.25) is 11.8 Å². The molecule has 6 heteroatoms. The van der Waals surface area contributed by atoms with E-state index in [1.807, 2.05) is 31.7 Å². The summed E-state index contributed by atoms with van der Waals surface area (Å²) in [6.45, 7) is 7.02. The van der Waals surface area contributed by atoms with Crippen molar-refractivity contribution in [2.24, 2.45) is 11.3 Å². The van der Waals surface area contributed by atoms with Crippen molar-refractivity contribution in [1.82, 2.24) is 10.2 Å². The lowest BCUT2D eigenvalue weighted by molar-refractivity contribution is -0.142. The van der Waals surface area contributed by atoms with E-state index in [9.17, 15) is 14.0 Å². The molecule has 0 saturated carbocycles. The summed E-state index contributed by atoms with van der Waals surface area (Å²) in [7, 11) is 0. The molecule has 2 aliphatic heterocycles. The molecule has 0 aliphatic carbocycles. The highest BCUT2D eigenvalue weighted by Crippen LogP contribution is 2.38. The van der Waals surface area contributed by atoms with Gasteiger partial charge in [0.05, 0.1) is 6.04 Å². The Hall–Kier alpha value is -1.56. The number of hydrogen-bond donors (Lipinski definition) is 1. The molecule has 142 valence electrons. The van der Waals surface area contributed by atoms with Gasteiger partial charge in [-0.25, -0.2) is 4.39 Å². The van der Waals surface area contributed by atoms with Crippen molar-refractivity contribution in [3.05, 3.63) is 29.6 Å². The topological polar surface area (TPSA) is 49.4 Å². The van der Waals surface area contributed by atoms with E-state index in [0.717, 1.165) is 17.7 Å². The quantitative estimate of drug-likeness (QED) is 0.852. The number of carbonyl (C=O) groups is 2. The summed E-state index contributed by atoms with van der Waals surface area (Å²) < 4.78 is 14.0. The molecule has 1 fully saturated rings. The molecule has 0 aromatic heterocycles. The van der Waals surface area contributed by atoms with Crippen LogP contribution >= 0.6 is 11.8 Å². The Balaban J connectivity index is 1.59. The zero-order valence-electron chi connectivity index (χ0n) is 15.7. The van der Waals surface area contributed by atoms with Crippen LogP contribution in [0, 0.1) is 17.2 Å².